The Morgan fingerprint density at radius 1 is 1.10 bits per heavy atom. The molecule has 2 amide bonds. The van der Waals surface area contributed by atoms with Gasteiger partial charge in [0.05, 0.1) is 18.3 Å². The molecule has 0 heterocycles. The maximum atomic E-state index is 12.2. The topological polar surface area (TPSA) is 183 Å². The number of nitrogens with zero attached hydrogens (tertiary/aromatic N) is 1. The molecule has 0 aromatic heterocycles. The summed E-state index contributed by atoms with van der Waals surface area (Å²) in [6.45, 7) is -0.414. The van der Waals surface area contributed by atoms with Gasteiger partial charge in [-0.05, 0) is 24.3 Å². The minimum atomic E-state index is -1.40. The van der Waals surface area contributed by atoms with Crippen LogP contribution in [0.15, 0.2) is 53.5 Å². The third-order valence-electron chi connectivity index (χ3n) is 3.79. The standard InChI is InChI=1S/C19H21N5O5/c20-19(21)23-12-5-3-4-11(8-12)18(29)22-10-16(26)24-14(9-17(27)28)13-6-1-2-7-15(13)25/h1-8,14,25H,9-10H2,(H,22,29)(H,24,26)(H,27,28)(H4,20,21,23)/p-1. The van der Waals surface area contributed by atoms with Gasteiger partial charge in [-0.1, -0.05) is 24.3 Å². The maximum absolute atomic E-state index is 12.2. The smallest absolute Gasteiger partial charge is 0.251 e. The number of hydrogen-bond acceptors (Lipinski definition) is 6. The molecular weight excluding hydrogens is 378 g/mol. The van der Waals surface area contributed by atoms with Gasteiger partial charge >= 0.3 is 0 Å². The van der Waals surface area contributed by atoms with Gasteiger partial charge in [0.25, 0.3) is 5.91 Å². The Bertz CT molecular complexity index is 940. The van der Waals surface area contributed by atoms with Crippen molar-refractivity contribution in [1.82, 2.24) is 10.6 Å². The predicted molar refractivity (Wildman–Crippen MR) is 103 cm³/mol. The van der Waals surface area contributed by atoms with Gasteiger partial charge in [-0.2, -0.15) is 0 Å². The molecule has 1 atom stereocenters. The Hall–Kier alpha value is -4.08. The summed E-state index contributed by atoms with van der Waals surface area (Å²) < 4.78 is 0. The van der Waals surface area contributed by atoms with Crippen molar-refractivity contribution in [1.29, 1.82) is 0 Å². The highest BCUT2D eigenvalue weighted by Crippen LogP contribution is 2.25. The van der Waals surface area contributed by atoms with Crippen molar-refractivity contribution >= 4 is 29.4 Å². The lowest BCUT2D eigenvalue weighted by molar-refractivity contribution is -0.306. The largest absolute Gasteiger partial charge is 0.550 e. The van der Waals surface area contributed by atoms with Crippen molar-refractivity contribution in [2.45, 2.75) is 12.5 Å². The number of phenols is 1. The number of carbonyl (C=O) groups excluding carboxylic acids is 3. The van der Waals surface area contributed by atoms with E-state index in [1.165, 1.54) is 24.3 Å². The number of carbonyl (C=O) groups is 3. The maximum Gasteiger partial charge on any atom is 0.251 e. The van der Waals surface area contributed by atoms with Gasteiger partial charge in [0, 0.05) is 23.5 Å². The van der Waals surface area contributed by atoms with E-state index in [0.29, 0.717) is 5.69 Å². The van der Waals surface area contributed by atoms with E-state index >= 15 is 0 Å². The SMILES string of the molecule is NC(N)=Nc1cccc(C(=O)NCC(=O)NC(CC(=O)[O-])c2ccccc2O)c1. The fourth-order valence-electron chi connectivity index (χ4n) is 2.56. The molecule has 0 aliphatic heterocycles. The van der Waals surface area contributed by atoms with Crippen LogP contribution in [0.1, 0.15) is 28.4 Å². The van der Waals surface area contributed by atoms with Crippen LogP contribution >= 0.6 is 0 Å². The molecule has 0 fully saturated rings. The minimum Gasteiger partial charge on any atom is -0.550 e. The van der Waals surface area contributed by atoms with E-state index in [-0.39, 0.29) is 22.8 Å². The van der Waals surface area contributed by atoms with Crippen molar-refractivity contribution < 1.29 is 24.6 Å². The fourth-order valence-corrected chi connectivity index (χ4v) is 2.56. The molecule has 0 saturated carbocycles. The highest BCUT2D eigenvalue weighted by Gasteiger charge is 2.18. The Balaban J connectivity index is 2.02. The summed E-state index contributed by atoms with van der Waals surface area (Å²) >= 11 is 0. The molecule has 0 bridgehead atoms. The van der Waals surface area contributed by atoms with Gasteiger partial charge in [-0.25, -0.2) is 4.99 Å². The van der Waals surface area contributed by atoms with Gasteiger partial charge in [-0.3, -0.25) is 9.59 Å². The molecule has 0 aliphatic carbocycles. The lowest BCUT2D eigenvalue weighted by Gasteiger charge is -2.20. The number of aromatic hydroxyl groups is 1. The lowest BCUT2D eigenvalue weighted by Crippen LogP contribution is -2.40. The summed E-state index contributed by atoms with van der Waals surface area (Å²) in [5.41, 5.74) is 11.4. The number of nitrogens with two attached hydrogens (primary N) is 2. The van der Waals surface area contributed by atoms with E-state index < -0.39 is 36.8 Å². The number of aliphatic carboxylic acids is 1. The number of nitrogens with one attached hydrogen (secondary N) is 2. The first-order valence-corrected chi connectivity index (χ1v) is 8.51. The number of amides is 2. The highest BCUT2D eigenvalue weighted by atomic mass is 16.4. The third-order valence-corrected chi connectivity index (χ3v) is 3.79. The number of carboxylic acids is 1. The molecule has 0 spiro atoms. The van der Waals surface area contributed by atoms with Gasteiger partial charge in [-0.15, -0.1) is 0 Å². The minimum absolute atomic E-state index is 0.162. The van der Waals surface area contributed by atoms with Crippen LogP contribution in [0.3, 0.4) is 0 Å². The average molecular weight is 398 g/mol. The van der Waals surface area contributed by atoms with Crippen molar-refractivity contribution in [2.75, 3.05) is 6.54 Å². The van der Waals surface area contributed by atoms with Crippen LogP contribution in [-0.2, 0) is 9.59 Å². The molecule has 10 heteroatoms. The zero-order valence-corrected chi connectivity index (χ0v) is 15.3. The van der Waals surface area contributed by atoms with E-state index in [4.69, 9.17) is 11.5 Å². The van der Waals surface area contributed by atoms with Crippen LogP contribution in [0.2, 0.25) is 0 Å². The van der Waals surface area contributed by atoms with Crippen LogP contribution in [0.25, 0.3) is 0 Å². The number of guanidine groups is 1. The Kier molecular flexibility index (Phi) is 7.13. The second kappa shape index (κ2) is 9.74. The van der Waals surface area contributed by atoms with Crippen molar-refractivity contribution in [3.63, 3.8) is 0 Å². The van der Waals surface area contributed by atoms with Crippen LogP contribution < -0.4 is 27.2 Å². The quantitative estimate of drug-likeness (QED) is 0.280. The molecule has 1 unspecified atom stereocenters. The summed E-state index contributed by atoms with van der Waals surface area (Å²) in [4.78, 5) is 39.2. The average Bonchev–Trinajstić information content (AvgIpc) is 2.65. The second-order valence-electron chi connectivity index (χ2n) is 6.02. The monoisotopic (exact) mass is 398 g/mol. The van der Waals surface area contributed by atoms with Gasteiger partial charge in [0.15, 0.2) is 5.96 Å². The Morgan fingerprint density at radius 3 is 2.48 bits per heavy atom. The first-order chi connectivity index (χ1) is 13.8. The van der Waals surface area contributed by atoms with Crippen LogP contribution in [-0.4, -0.2) is 35.4 Å². The normalized spacial score (nSPS) is 11.2. The van der Waals surface area contributed by atoms with Crippen LogP contribution in [0.5, 0.6) is 5.75 Å². The number of hydrogen-bond donors (Lipinski definition) is 5. The number of benzene rings is 2. The summed E-state index contributed by atoms with van der Waals surface area (Å²) in [6.07, 6.45) is -0.544. The lowest BCUT2D eigenvalue weighted by atomic mass is 10.0. The first kappa shape index (κ1) is 21.2. The third kappa shape index (κ3) is 6.54. The summed E-state index contributed by atoms with van der Waals surface area (Å²) in [5.74, 6) is -2.93. The van der Waals surface area contributed by atoms with Gasteiger partial charge < -0.3 is 37.1 Å². The summed E-state index contributed by atoms with van der Waals surface area (Å²) in [6, 6.07) is 11.1. The van der Waals surface area contributed by atoms with E-state index in [1.807, 2.05) is 0 Å². The van der Waals surface area contributed by atoms with Crippen molar-refractivity contribution in [3.8, 4) is 5.75 Å². The van der Waals surface area contributed by atoms with E-state index in [0.717, 1.165) is 0 Å². The zero-order chi connectivity index (χ0) is 21.4. The number of rotatable bonds is 8. The Morgan fingerprint density at radius 2 is 1.83 bits per heavy atom. The predicted octanol–water partition coefficient (Wildman–Crippen LogP) is -0.976. The molecule has 0 radical (unpaired) electrons. The molecule has 29 heavy (non-hydrogen) atoms. The highest BCUT2D eigenvalue weighted by molar-refractivity contribution is 5.97. The Labute approximate surface area is 166 Å². The number of aliphatic imine (C=N–C) groups is 1. The van der Waals surface area contributed by atoms with E-state index in [2.05, 4.69) is 15.6 Å². The molecule has 152 valence electrons. The van der Waals surface area contributed by atoms with Crippen LogP contribution in [0, 0.1) is 0 Å². The van der Waals surface area contributed by atoms with Crippen LogP contribution in [0.4, 0.5) is 5.69 Å². The van der Waals surface area contributed by atoms with Gasteiger partial charge in [0.1, 0.15) is 5.75 Å². The first-order valence-electron chi connectivity index (χ1n) is 8.51. The zero-order valence-electron chi connectivity index (χ0n) is 15.3. The fraction of sp³-hybridized carbons (Fsp3) is 0.158. The summed E-state index contributed by atoms with van der Waals surface area (Å²) in [7, 11) is 0. The summed E-state index contributed by atoms with van der Waals surface area (Å²) in [5, 5.41) is 25.8. The molecule has 0 saturated heterocycles. The molecule has 0 aliphatic rings. The number of para-hydroxylation sites is 1. The van der Waals surface area contributed by atoms with Crippen molar-refractivity contribution in [2.24, 2.45) is 16.5 Å². The molecule has 2 rings (SSSR count). The number of phenolic OH excluding ortho intramolecular Hbond substituents is 1. The molecule has 2 aromatic rings. The second-order valence-corrected chi connectivity index (χ2v) is 6.02. The van der Waals surface area contributed by atoms with Gasteiger partial charge in [0.2, 0.25) is 5.91 Å². The van der Waals surface area contributed by atoms with Crippen molar-refractivity contribution in [3.05, 3.63) is 59.7 Å². The van der Waals surface area contributed by atoms with E-state index in [9.17, 15) is 24.6 Å². The molecule has 2 aromatic carbocycles. The molecule has 10 nitrogen and oxygen atoms in total. The number of carboxylic acid groups (broad SMARTS) is 1. The molecular formula is C19H20N5O5-. The van der Waals surface area contributed by atoms with E-state index in [1.54, 1.807) is 24.3 Å². The molecule has 7 N–H and O–H groups in total.